The number of rotatable bonds is 7. The summed E-state index contributed by atoms with van der Waals surface area (Å²) in [6, 6.07) is 9.15. The van der Waals surface area contributed by atoms with Crippen LogP contribution in [0.4, 0.5) is 5.69 Å². The van der Waals surface area contributed by atoms with Crippen molar-refractivity contribution >= 4 is 52.3 Å². The minimum absolute atomic E-state index is 0.0142. The number of amides is 4. The molecule has 2 aliphatic rings. The van der Waals surface area contributed by atoms with Gasteiger partial charge >= 0.3 is 0 Å². The summed E-state index contributed by atoms with van der Waals surface area (Å²) in [4.78, 5) is 54.4. The second-order valence-electron chi connectivity index (χ2n) is 9.31. The SMILES string of the molecule is CC(C)CC(=O)N1C[C@H](NC(=O)c2ccc(N3CCOCC3=O)cc2)[C@H](NC(=O)c2ccc(Cl)s2)C1. The van der Waals surface area contributed by atoms with Crippen LogP contribution in [0.25, 0.3) is 0 Å². The lowest BCUT2D eigenvalue weighted by molar-refractivity contribution is -0.131. The van der Waals surface area contributed by atoms with Crippen molar-refractivity contribution < 1.29 is 23.9 Å². The minimum atomic E-state index is -0.464. The number of carbonyl (C=O) groups is 4. The van der Waals surface area contributed by atoms with Crippen LogP contribution in [0.1, 0.15) is 40.3 Å². The van der Waals surface area contributed by atoms with Gasteiger partial charge in [0.05, 0.1) is 27.9 Å². The van der Waals surface area contributed by atoms with Crippen LogP contribution in [-0.2, 0) is 14.3 Å². The van der Waals surface area contributed by atoms with Gasteiger partial charge < -0.3 is 25.2 Å². The zero-order valence-corrected chi connectivity index (χ0v) is 21.7. The van der Waals surface area contributed by atoms with E-state index in [4.69, 9.17) is 16.3 Å². The molecule has 0 radical (unpaired) electrons. The van der Waals surface area contributed by atoms with Gasteiger partial charge in [0, 0.05) is 37.3 Å². The van der Waals surface area contributed by atoms with E-state index in [9.17, 15) is 19.2 Å². The van der Waals surface area contributed by atoms with Gasteiger partial charge in [-0.25, -0.2) is 0 Å². The fourth-order valence-electron chi connectivity index (χ4n) is 4.29. The van der Waals surface area contributed by atoms with Crippen molar-refractivity contribution in [2.75, 3.05) is 37.7 Å². The summed E-state index contributed by atoms with van der Waals surface area (Å²) < 4.78 is 5.67. The lowest BCUT2D eigenvalue weighted by Crippen LogP contribution is -2.50. The molecule has 2 N–H and O–H groups in total. The van der Waals surface area contributed by atoms with Crippen LogP contribution < -0.4 is 15.5 Å². The molecule has 2 fully saturated rings. The van der Waals surface area contributed by atoms with Crippen LogP contribution >= 0.6 is 22.9 Å². The predicted molar refractivity (Wildman–Crippen MR) is 137 cm³/mol. The van der Waals surface area contributed by atoms with Gasteiger partial charge in [0.25, 0.3) is 17.7 Å². The lowest BCUT2D eigenvalue weighted by Gasteiger charge is -2.27. The number of thiophene rings is 1. The van der Waals surface area contributed by atoms with E-state index in [2.05, 4.69) is 10.6 Å². The standard InChI is InChI=1S/C25H29ClN4O5S/c1-15(2)11-22(31)29-12-18(19(13-29)28-25(34)20-7-8-21(26)36-20)27-24(33)16-3-5-17(6-4-16)30-9-10-35-14-23(30)32/h3-8,15,18-19H,9-14H2,1-2H3,(H,27,33)(H,28,34)/t18-,19+/m0/s1. The number of nitrogens with one attached hydrogen (secondary N) is 2. The predicted octanol–water partition coefficient (Wildman–Crippen LogP) is 2.55. The number of ether oxygens (including phenoxy) is 1. The summed E-state index contributed by atoms with van der Waals surface area (Å²) in [5, 5.41) is 5.94. The maximum atomic E-state index is 13.1. The molecule has 0 unspecified atom stereocenters. The third kappa shape index (κ3) is 6.24. The molecule has 2 aromatic rings. The highest BCUT2D eigenvalue weighted by Gasteiger charge is 2.37. The molecule has 2 atom stereocenters. The summed E-state index contributed by atoms with van der Waals surface area (Å²) in [6.07, 6.45) is 0.392. The average Bonchev–Trinajstić information content (AvgIpc) is 3.45. The van der Waals surface area contributed by atoms with E-state index in [0.717, 1.165) is 0 Å². The first-order valence-electron chi connectivity index (χ1n) is 11.8. The molecule has 0 bridgehead atoms. The molecule has 0 spiro atoms. The van der Waals surface area contributed by atoms with Crippen LogP contribution in [0.3, 0.4) is 0 Å². The highest BCUT2D eigenvalue weighted by Crippen LogP contribution is 2.23. The minimum Gasteiger partial charge on any atom is -0.370 e. The number of morpholine rings is 1. The summed E-state index contributed by atoms with van der Waals surface area (Å²) in [5.41, 5.74) is 1.12. The summed E-state index contributed by atoms with van der Waals surface area (Å²) in [5.74, 6) is -0.560. The van der Waals surface area contributed by atoms with Gasteiger partial charge in [-0.05, 0) is 42.3 Å². The van der Waals surface area contributed by atoms with Crippen molar-refractivity contribution in [3.63, 3.8) is 0 Å². The zero-order valence-electron chi connectivity index (χ0n) is 20.2. The smallest absolute Gasteiger partial charge is 0.261 e. The maximum Gasteiger partial charge on any atom is 0.261 e. The van der Waals surface area contributed by atoms with Crippen LogP contribution in [0.2, 0.25) is 4.34 Å². The maximum absolute atomic E-state index is 13.1. The number of hydrogen-bond donors (Lipinski definition) is 2. The van der Waals surface area contributed by atoms with E-state index in [1.54, 1.807) is 46.2 Å². The lowest BCUT2D eigenvalue weighted by atomic mass is 10.1. The Labute approximate surface area is 218 Å². The molecular formula is C25H29ClN4O5S. The topological polar surface area (TPSA) is 108 Å². The fourth-order valence-corrected chi connectivity index (χ4v) is 5.24. The van der Waals surface area contributed by atoms with E-state index in [0.29, 0.717) is 53.1 Å². The van der Waals surface area contributed by atoms with Gasteiger partial charge in [0.2, 0.25) is 5.91 Å². The van der Waals surface area contributed by atoms with Gasteiger partial charge in [-0.3, -0.25) is 19.2 Å². The van der Waals surface area contributed by atoms with Gasteiger partial charge in [-0.2, -0.15) is 0 Å². The van der Waals surface area contributed by atoms with Gasteiger partial charge in [0.15, 0.2) is 0 Å². The van der Waals surface area contributed by atoms with Crippen molar-refractivity contribution in [3.05, 3.63) is 51.2 Å². The first kappa shape index (κ1) is 26.1. The van der Waals surface area contributed by atoms with Crippen LogP contribution in [-0.4, -0.2) is 73.5 Å². The summed E-state index contributed by atoms with van der Waals surface area (Å²) in [7, 11) is 0. The third-order valence-corrected chi connectivity index (χ3v) is 7.34. The second kappa shape index (κ2) is 11.4. The number of halogens is 1. The Kier molecular flexibility index (Phi) is 8.28. The Balaban J connectivity index is 1.45. The second-order valence-corrected chi connectivity index (χ2v) is 11.0. The number of carbonyl (C=O) groups excluding carboxylic acids is 4. The Morgan fingerprint density at radius 3 is 2.31 bits per heavy atom. The molecule has 0 saturated carbocycles. The van der Waals surface area contributed by atoms with Gasteiger partial charge in [0.1, 0.15) is 6.61 Å². The van der Waals surface area contributed by atoms with E-state index in [1.807, 2.05) is 13.8 Å². The molecule has 192 valence electrons. The molecule has 36 heavy (non-hydrogen) atoms. The average molecular weight is 533 g/mol. The monoisotopic (exact) mass is 532 g/mol. The summed E-state index contributed by atoms with van der Waals surface area (Å²) in [6.45, 7) is 5.52. The number of nitrogens with zero attached hydrogens (tertiary/aromatic N) is 2. The van der Waals surface area contributed by atoms with Crippen LogP contribution in [0, 0.1) is 5.92 Å². The molecular weight excluding hydrogens is 504 g/mol. The van der Waals surface area contributed by atoms with Gasteiger partial charge in [-0.1, -0.05) is 25.4 Å². The largest absolute Gasteiger partial charge is 0.370 e. The normalized spacial score (nSPS) is 20.1. The Morgan fingerprint density at radius 2 is 1.72 bits per heavy atom. The van der Waals surface area contributed by atoms with E-state index in [-0.39, 0.29) is 36.2 Å². The Hall–Kier alpha value is -2.95. The van der Waals surface area contributed by atoms with Crippen molar-refractivity contribution in [1.82, 2.24) is 15.5 Å². The zero-order chi connectivity index (χ0) is 25.8. The molecule has 9 nitrogen and oxygen atoms in total. The van der Waals surface area contributed by atoms with Crippen molar-refractivity contribution in [3.8, 4) is 0 Å². The molecule has 4 amide bonds. The van der Waals surface area contributed by atoms with Crippen molar-refractivity contribution in [2.45, 2.75) is 32.4 Å². The molecule has 0 aliphatic carbocycles. The quantitative estimate of drug-likeness (QED) is 0.570. The Morgan fingerprint density at radius 1 is 1.06 bits per heavy atom. The van der Waals surface area contributed by atoms with Crippen molar-refractivity contribution in [1.29, 1.82) is 0 Å². The van der Waals surface area contributed by atoms with E-state index < -0.39 is 12.1 Å². The first-order chi connectivity index (χ1) is 17.2. The Bertz CT molecular complexity index is 1140. The number of benzene rings is 1. The van der Waals surface area contributed by atoms with E-state index in [1.165, 1.54) is 11.3 Å². The molecule has 2 aliphatic heterocycles. The molecule has 1 aromatic heterocycles. The van der Waals surface area contributed by atoms with Crippen LogP contribution in [0.15, 0.2) is 36.4 Å². The molecule has 11 heteroatoms. The first-order valence-corrected chi connectivity index (χ1v) is 13.0. The molecule has 3 heterocycles. The molecule has 4 rings (SSSR count). The highest BCUT2D eigenvalue weighted by molar-refractivity contribution is 7.18. The van der Waals surface area contributed by atoms with Crippen LogP contribution in [0.5, 0.6) is 0 Å². The van der Waals surface area contributed by atoms with E-state index >= 15 is 0 Å². The fraction of sp³-hybridized carbons (Fsp3) is 0.440. The number of hydrogen-bond acceptors (Lipinski definition) is 6. The van der Waals surface area contributed by atoms with Gasteiger partial charge in [-0.15, -0.1) is 11.3 Å². The summed E-state index contributed by atoms with van der Waals surface area (Å²) >= 11 is 7.14. The molecule has 2 saturated heterocycles. The molecule has 1 aromatic carbocycles. The number of likely N-dealkylation sites (tertiary alicyclic amines) is 1. The third-order valence-electron chi connectivity index (χ3n) is 6.11. The highest BCUT2D eigenvalue weighted by atomic mass is 35.5. The van der Waals surface area contributed by atoms with Crippen molar-refractivity contribution in [2.24, 2.45) is 5.92 Å². The number of anilines is 1.